The number of rotatable bonds is 3. The first-order valence-electron chi connectivity index (χ1n) is 7.14. The van der Waals surface area contributed by atoms with Crippen LogP contribution < -0.4 is 5.73 Å². The second-order valence-electron chi connectivity index (χ2n) is 5.55. The summed E-state index contributed by atoms with van der Waals surface area (Å²) in [5.74, 6) is 0.223. The molecule has 4 nitrogen and oxygen atoms in total. The quantitative estimate of drug-likeness (QED) is 0.944. The lowest BCUT2D eigenvalue weighted by Crippen LogP contribution is -2.46. The van der Waals surface area contributed by atoms with E-state index in [1.54, 1.807) is 11.3 Å². The van der Waals surface area contributed by atoms with E-state index < -0.39 is 0 Å². The van der Waals surface area contributed by atoms with Crippen LogP contribution in [0, 0.1) is 0 Å². The first-order valence-corrected chi connectivity index (χ1v) is 8.33. The third kappa shape index (κ3) is 3.05. The molecule has 1 saturated heterocycles. The van der Waals surface area contributed by atoms with Crippen LogP contribution in [0.4, 0.5) is 0 Å². The normalized spacial score (nSPS) is 19.0. The molecule has 6 heteroatoms. The number of thiazole rings is 1. The van der Waals surface area contributed by atoms with Crippen molar-refractivity contribution in [3.8, 4) is 0 Å². The molecule has 1 fully saturated rings. The predicted molar refractivity (Wildman–Crippen MR) is 86.8 cm³/mol. The minimum absolute atomic E-state index is 0.180. The lowest BCUT2D eigenvalue weighted by molar-refractivity contribution is -0.123. The summed E-state index contributed by atoms with van der Waals surface area (Å²) in [4.78, 5) is 18.1. The molecule has 1 aliphatic rings. The zero-order valence-corrected chi connectivity index (χ0v) is 13.5. The maximum atomic E-state index is 11.3. The fraction of sp³-hybridized carbons (Fsp3) is 0.467. The Kier molecular flexibility index (Phi) is 4.15. The molecule has 1 atom stereocenters. The molecular formula is C15H18ClN3OS. The molecule has 0 bridgehead atoms. The molecule has 2 aromatic rings. The summed E-state index contributed by atoms with van der Waals surface area (Å²) in [6.45, 7) is 3.67. The summed E-state index contributed by atoms with van der Waals surface area (Å²) in [6.07, 6.45) is 2.04. The summed E-state index contributed by atoms with van der Waals surface area (Å²) < 4.78 is 1.18. The molecule has 0 saturated carbocycles. The number of halogens is 1. The number of hydrogen-bond acceptors (Lipinski definition) is 4. The van der Waals surface area contributed by atoms with E-state index in [0.29, 0.717) is 5.92 Å². The number of primary amides is 1. The van der Waals surface area contributed by atoms with Gasteiger partial charge in [-0.05, 0) is 51.1 Å². The number of likely N-dealkylation sites (tertiary alicyclic amines) is 1. The summed E-state index contributed by atoms with van der Waals surface area (Å²) in [5, 5.41) is 1.91. The Bertz CT molecular complexity index is 664. The first-order chi connectivity index (χ1) is 10.0. The molecule has 3 rings (SSSR count). The Hall–Kier alpha value is -1.17. The number of amides is 1. The van der Waals surface area contributed by atoms with E-state index >= 15 is 0 Å². The van der Waals surface area contributed by atoms with Gasteiger partial charge in [0.2, 0.25) is 5.91 Å². The second kappa shape index (κ2) is 5.91. The van der Waals surface area contributed by atoms with E-state index in [-0.39, 0.29) is 11.9 Å². The molecule has 2 heterocycles. The number of carbonyl (C=O) groups excluding carboxylic acids is 1. The molecule has 2 N–H and O–H groups in total. The van der Waals surface area contributed by atoms with Crippen LogP contribution in [0.5, 0.6) is 0 Å². The third-order valence-corrected chi connectivity index (χ3v) is 5.64. The van der Waals surface area contributed by atoms with Gasteiger partial charge >= 0.3 is 0 Å². The highest BCUT2D eigenvalue weighted by Crippen LogP contribution is 2.34. The number of benzene rings is 1. The van der Waals surface area contributed by atoms with Gasteiger partial charge in [-0.15, -0.1) is 11.3 Å². The van der Waals surface area contributed by atoms with Crippen LogP contribution in [0.1, 0.15) is 30.7 Å². The zero-order valence-electron chi connectivity index (χ0n) is 11.9. The van der Waals surface area contributed by atoms with Crippen LogP contribution in [-0.2, 0) is 4.79 Å². The summed E-state index contributed by atoms with van der Waals surface area (Å²) >= 11 is 7.76. The van der Waals surface area contributed by atoms with E-state index in [1.165, 1.54) is 9.71 Å². The van der Waals surface area contributed by atoms with Crippen LogP contribution >= 0.6 is 22.9 Å². The molecule has 1 amide bonds. The lowest BCUT2D eigenvalue weighted by Gasteiger charge is -2.33. The van der Waals surface area contributed by atoms with Gasteiger partial charge in [-0.3, -0.25) is 9.69 Å². The van der Waals surface area contributed by atoms with Crippen molar-refractivity contribution in [3.05, 3.63) is 28.2 Å². The number of aromatic nitrogens is 1. The summed E-state index contributed by atoms with van der Waals surface area (Å²) in [6, 6.07) is 5.67. The molecule has 0 radical (unpaired) electrons. The first kappa shape index (κ1) is 14.8. The molecule has 0 unspecified atom stereocenters. The third-order valence-electron chi connectivity index (χ3n) is 4.20. The minimum Gasteiger partial charge on any atom is -0.368 e. The van der Waals surface area contributed by atoms with E-state index in [1.807, 2.05) is 25.1 Å². The number of nitrogens with zero attached hydrogens (tertiary/aromatic N) is 2. The standard InChI is InChI=1S/C15H18ClN3OS/c1-9(14(17)20)19-6-4-10(5-7-19)15-18-12-8-11(16)2-3-13(12)21-15/h2-3,8-10H,4-7H2,1H3,(H2,17,20)/t9-/m1/s1. The van der Waals surface area contributed by atoms with E-state index in [4.69, 9.17) is 22.3 Å². The zero-order chi connectivity index (χ0) is 15.0. The van der Waals surface area contributed by atoms with Crippen molar-refractivity contribution in [1.82, 2.24) is 9.88 Å². The maximum absolute atomic E-state index is 11.3. The topological polar surface area (TPSA) is 59.2 Å². The van der Waals surface area contributed by atoms with Crippen molar-refractivity contribution >= 4 is 39.1 Å². The fourth-order valence-electron chi connectivity index (χ4n) is 2.81. The number of nitrogens with two attached hydrogens (primary N) is 1. The summed E-state index contributed by atoms with van der Waals surface area (Å²) in [7, 11) is 0. The highest BCUT2D eigenvalue weighted by atomic mass is 35.5. The summed E-state index contributed by atoms with van der Waals surface area (Å²) in [5.41, 5.74) is 6.36. The highest BCUT2D eigenvalue weighted by molar-refractivity contribution is 7.18. The van der Waals surface area contributed by atoms with E-state index in [2.05, 4.69) is 4.90 Å². The molecular weight excluding hydrogens is 306 g/mol. The Morgan fingerprint density at radius 1 is 1.48 bits per heavy atom. The molecule has 1 aromatic heterocycles. The maximum Gasteiger partial charge on any atom is 0.234 e. The molecule has 1 aliphatic heterocycles. The molecule has 1 aromatic carbocycles. The van der Waals surface area contributed by atoms with Crippen molar-refractivity contribution in [2.75, 3.05) is 13.1 Å². The van der Waals surface area contributed by atoms with Crippen molar-refractivity contribution in [3.63, 3.8) is 0 Å². The van der Waals surface area contributed by atoms with Gasteiger partial charge in [0.25, 0.3) is 0 Å². The van der Waals surface area contributed by atoms with Crippen molar-refractivity contribution < 1.29 is 4.79 Å². The number of hydrogen-bond donors (Lipinski definition) is 1. The smallest absolute Gasteiger partial charge is 0.234 e. The van der Waals surface area contributed by atoms with E-state index in [0.717, 1.165) is 36.5 Å². The van der Waals surface area contributed by atoms with E-state index in [9.17, 15) is 4.79 Å². The van der Waals surface area contributed by atoms with Crippen molar-refractivity contribution in [2.24, 2.45) is 5.73 Å². The number of fused-ring (bicyclic) bond motifs is 1. The van der Waals surface area contributed by atoms with Gasteiger partial charge in [0, 0.05) is 10.9 Å². The van der Waals surface area contributed by atoms with Crippen LogP contribution in [0.3, 0.4) is 0 Å². The average Bonchev–Trinajstić information content (AvgIpc) is 2.89. The van der Waals surface area contributed by atoms with Crippen LogP contribution in [0.25, 0.3) is 10.2 Å². The Morgan fingerprint density at radius 3 is 2.86 bits per heavy atom. The second-order valence-corrected chi connectivity index (χ2v) is 7.05. The highest BCUT2D eigenvalue weighted by Gasteiger charge is 2.27. The molecule has 21 heavy (non-hydrogen) atoms. The Labute approximate surface area is 132 Å². The average molecular weight is 324 g/mol. The van der Waals surface area contributed by atoms with Gasteiger partial charge < -0.3 is 5.73 Å². The van der Waals surface area contributed by atoms with Crippen LogP contribution in [-0.4, -0.2) is 34.9 Å². The van der Waals surface area contributed by atoms with Crippen molar-refractivity contribution in [1.29, 1.82) is 0 Å². The molecule has 112 valence electrons. The van der Waals surface area contributed by atoms with Gasteiger partial charge in [0.15, 0.2) is 0 Å². The Balaban J connectivity index is 1.72. The largest absolute Gasteiger partial charge is 0.368 e. The van der Waals surface area contributed by atoms with Crippen LogP contribution in [0.2, 0.25) is 5.02 Å². The lowest BCUT2D eigenvalue weighted by atomic mass is 9.96. The van der Waals surface area contributed by atoms with Crippen molar-refractivity contribution in [2.45, 2.75) is 31.7 Å². The molecule has 0 spiro atoms. The molecule has 0 aliphatic carbocycles. The van der Waals surface area contributed by atoms with Gasteiger partial charge in [-0.2, -0.15) is 0 Å². The number of piperidine rings is 1. The van der Waals surface area contributed by atoms with Gasteiger partial charge in [-0.1, -0.05) is 11.6 Å². The number of carbonyl (C=O) groups is 1. The Morgan fingerprint density at radius 2 is 2.19 bits per heavy atom. The monoisotopic (exact) mass is 323 g/mol. The minimum atomic E-state index is -0.247. The van der Waals surface area contributed by atoms with Crippen LogP contribution in [0.15, 0.2) is 18.2 Å². The predicted octanol–water partition coefficient (Wildman–Crippen LogP) is 3.00. The van der Waals surface area contributed by atoms with Gasteiger partial charge in [0.1, 0.15) is 0 Å². The fourth-order valence-corrected chi connectivity index (χ4v) is 4.09. The van der Waals surface area contributed by atoms with Gasteiger partial charge in [0.05, 0.1) is 21.3 Å². The SMILES string of the molecule is C[C@H](C(N)=O)N1CCC(c2nc3cc(Cl)ccc3s2)CC1. The van der Waals surface area contributed by atoms with Gasteiger partial charge in [-0.25, -0.2) is 4.98 Å².